The maximum atomic E-state index is 12.2. The highest BCUT2D eigenvalue weighted by Gasteiger charge is 2.38. The van der Waals surface area contributed by atoms with E-state index >= 15 is 0 Å². The number of hydrogen-bond donors (Lipinski definition) is 5. The number of rotatable bonds is 10. The highest BCUT2D eigenvalue weighted by molar-refractivity contribution is 6.06. The lowest BCUT2D eigenvalue weighted by Crippen LogP contribution is -2.47. The molecule has 2 aromatic rings. The van der Waals surface area contributed by atoms with Gasteiger partial charge in [0, 0.05) is 6.42 Å². The molecule has 0 aliphatic heterocycles. The number of carboxylic acid groups (broad SMARTS) is 2. The van der Waals surface area contributed by atoms with E-state index in [0.717, 1.165) is 19.3 Å². The van der Waals surface area contributed by atoms with E-state index < -0.39 is 23.7 Å². The molecule has 1 aromatic heterocycles. The molecule has 200 valence electrons. The number of aryl methyl sites for hydroxylation is 1. The molecule has 1 aromatic carbocycles. The molecule has 36 heavy (non-hydrogen) atoms. The summed E-state index contributed by atoms with van der Waals surface area (Å²) in [6.45, 7) is 6.16. The summed E-state index contributed by atoms with van der Waals surface area (Å²) in [5.74, 6) is -3.50. The van der Waals surface area contributed by atoms with Crippen molar-refractivity contribution in [1.29, 1.82) is 0 Å². The van der Waals surface area contributed by atoms with E-state index in [2.05, 4.69) is 10.3 Å². The molecule has 0 saturated carbocycles. The number of nitrogens with zero attached hydrogens (tertiary/aromatic N) is 1. The topological polar surface area (TPSA) is 178 Å². The van der Waals surface area contributed by atoms with Gasteiger partial charge >= 0.3 is 18.1 Å². The Morgan fingerprint density at radius 2 is 1.72 bits per heavy atom. The van der Waals surface area contributed by atoms with E-state index in [0.29, 0.717) is 35.3 Å². The Hall–Kier alpha value is -3.61. The largest absolute Gasteiger partial charge is 0.490 e. The number of aromatic carboxylic acids is 1. The Kier molecular flexibility index (Phi) is 10.9. The Morgan fingerprint density at radius 1 is 1.11 bits per heavy atom. The van der Waals surface area contributed by atoms with Crippen LogP contribution >= 0.6 is 0 Å². The Labute approximate surface area is 205 Å². The van der Waals surface area contributed by atoms with Gasteiger partial charge < -0.3 is 31.7 Å². The molecule has 10 nitrogen and oxygen atoms in total. The zero-order valence-electron chi connectivity index (χ0n) is 20.2. The van der Waals surface area contributed by atoms with Crippen molar-refractivity contribution in [3.8, 4) is 5.75 Å². The summed E-state index contributed by atoms with van der Waals surface area (Å²) in [7, 11) is 0. The van der Waals surface area contributed by atoms with E-state index in [9.17, 15) is 27.9 Å². The molecule has 0 radical (unpaired) electrons. The summed E-state index contributed by atoms with van der Waals surface area (Å²) < 4.78 is 37.7. The van der Waals surface area contributed by atoms with Gasteiger partial charge in [-0.15, -0.1) is 0 Å². The van der Waals surface area contributed by atoms with Crippen LogP contribution in [0.2, 0.25) is 0 Å². The molecule has 0 saturated heterocycles. The van der Waals surface area contributed by atoms with Gasteiger partial charge in [-0.05, 0) is 52.3 Å². The van der Waals surface area contributed by atoms with E-state index in [1.165, 1.54) is 0 Å². The zero-order valence-corrected chi connectivity index (χ0v) is 20.2. The highest BCUT2D eigenvalue weighted by atomic mass is 19.4. The van der Waals surface area contributed by atoms with Crippen LogP contribution in [0.25, 0.3) is 10.9 Å². The number of amides is 1. The van der Waals surface area contributed by atoms with Crippen molar-refractivity contribution in [2.24, 2.45) is 5.73 Å². The Balaban J connectivity index is 0.000000809. The number of carboxylic acids is 2. The zero-order chi connectivity index (χ0) is 27.7. The second-order valence-corrected chi connectivity index (χ2v) is 8.56. The fourth-order valence-corrected chi connectivity index (χ4v) is 3.17. The number of alkyl halides is 3. The first kappa shape index (κ1) is 30.4. The molecule has 0 aliphatic rings. The van der Waals surface area contributed by atoms with Crippen molar-refractivity contribution in [3.05, 3.63) is 29.5 Å². The van der Waals surface area contributed by atoms with Crippen molar-refractivity contribution in [3.63, 3.8) is 0 Å². The number of aromatic nitrogens is 1. The van der Waals surface area contributed by atoms with Gasteiger partial charge in [0.25, 0.3) is 0 Å². The monoisotopic (exact) mass is 516 g/mol. The third-order valence-corrected chi connectivity index (χ3v) is 4.82. The first-order chi connectivity index (χ1) is 16.6. The maximum Gasteiger partial charge on any atom is 0.490 e. The summed E-state index contributed by atoms with van der Waals surface area (Å²) in [6.07, 6.45) is -2.01. The summed E-state index contributed by atoms with van der Waals surface area (Å²) in [5.41, 5.74) is 12.0. The number of unbranched alkanes of at least 4 members (excludes halogenated alkanes) is 2. The third-order valence-electron chi connectivity index (χ3n) is 4.82. The van der Waals surface area contributed by atoms with Gasteiger partial charge in [0.1, 0.15) is 17.9 Å². The average molecular weight is 517 g/mol. The van der Waals surface area contributed by atoms with Crippen molar-refractivity contribution in [2.75, 3.05) is 18.9 Å². The Morgan fingerprint density at radius 3 is 2.25 bits per heavy atom. The summed E-state index contributed by atoms with van der Waals surface area (Å²) >= 11 is 0. The van der Waals surface area contributed by atoms with Crippen molar-refractivity contribution < 1.29 is 42.5 Å². The first-order valence-corrected chi connectivity index (χ1v) is 11.0. The first-order valence-electron chi connectivity index (χ1n) is 11.0. The molecule has 7 N–H and O–H groups in total. The quantitative estimate of drug-likeness (QED) is 0.296. The number of nitrogens with one attached hydrogen (secondary N) is 1. The number of ether oxygens (including phenoxy) is 1. The average Bonchev–Trinajstić information content (AvgIpc) is 2.74. The van der Waals surface area contributed by atoms with Crippen LogP contribution in [-0.4, -0.2) is 57.9 Å². The van der Waals surface area contributed by atoms with E-state index in [1.54, 1.807) is 25.1 Å². The van der Waals surface area contributed by atoms with E-state index in [4.69, 9.17) is 26.1 Å². The minimum atomic E-state index is -5.08. The molecule has 13 heteroatoms. The lowest BCUT2D eigenvalue weighted by atomic mass is 10.0. The molecule has 2 rings (SSSR count). The molecule has 0 atom stereocenters. The minimum Gasteiger partial charge on any atom is -0.490 e. The Bertz CT molecular complexity index is 1090. The number of fused-ring (bicyclic) bond motifs is 1. The molecule has 0 unspecified atom stereocenters. The van der Waals surface area contributed by atoms with Crippen LogP contribution in [0.3, 0.4) is 0 Å². The normalized spacial score (nSPS) is 11.4. The van der Waals surface area contributed by atoms with Gasteiger partial charge in [-0.25, -0.2) is 9.59 Å². The molecule has 1 heterocycles. The lowest BCUT2D eigenvalue weighted by Gasteiger charge is -2.27. The molecule has 1 amide bonds. The number of benzene rings is 1. The third kappa shape index (κ3) is 9.21. The van der Waals surface area contributed by atoms with Gasteiger partial charge in [0.15, 0.2) is 0 Å². The van der Waals surface area contributed by atoms with Gasteiger partial charge in [0.2, 0.25) is 5.91 Å². The number of halogens is 3. The van der Waals surface area contributed by atoms with Crippen LogP contribution in [0.1, 0.15) is 55.6 Å². The predicted octanol–water partition coefficient (Wildman–Crippen LogP) is 3.25. The highest BCUT2D eigenvalue weighted by Crippen LogP contribution is 2.33. The van der Waals surface area contributed by atoms with E-state index in [1.807, 2.05) is 13.8 Å². The number of nitrogens with two attached hydrogens (primary N) is 2. The van der Waals surface area contributed by atoms with Crippen molar-refractivity contribution in [1.82, 2.24) is 10.3 Å². The summed E-state index contributed by atoms with van der Waals surface area (Å²) in [6, 6.07) is 5.24. The second kappa shape index (κ2) is 12.9. The molecular formula is C23H31F3N4O6. The van der Waals surface area contributed by atoms with Crippen LogP contribution in [0.4, 0.5) is 18.9 Å². The minimum absolute atomic E-state index is 0.0291. The number of nitrogen functional groups attached to an aromatic ring is 1. The predicted molar refractivity (Wildman–Crippen MR) is 127 cm³/mol. The molecular weight excluding hydrogens is 485 g/mol. The smallest absolute Gasteiger partial charge is 0.490 e. The van der Waals surface area contributed by atoms with Crippen molar-refractivity contribution in [2.45, 2.75) is 58.2 Å². The van der Waals surface area contributed by atoms with Gasteiger partial charge in [-0.2, -0.15) is 13.2 Å². The van der Waals surface area contributed by atoms with Crippen LogP contribution < -0.4 is 21.5 Å². The number of carbonyl (C=O) groups is 3. The number of pyridine rings is 1. The van der Waals surface area contributed by atoms with Gasteiger partial charge in [-0.3, -0.25) is 9.78 Å². The van der Waals surface area contributed by atoms with Crippen molar-refractivity contribution >= 4 is 34.4 Å². The summed E-state index contributed by atoms with van der Waals surface area (Å²) in [5, 5.41) is 20.0. The fourth-order valence-electron chi connectivity index (χ4n) is 3.17. The number of carbonyl (C=O) groups excluding carboxylic acids is 1. The van der Waals surface area contributed by atoms with Gasteiger partial charge in [0.05, 0.1) is 27.8 Å². The van der Waals surface area contributed by atoms with E-state index in [-0.39, 0.29) is 23.8 Å². The van der Waals surface area contributed by atoms with Crippen LogP contribution in [0.5, 0.6) is 5.75 Å². The molecule has 0 aliphatic carbocycles. The van der Waals surface area contributed by atoms with Gasteiger partial charge in [-0.1, -0.05) is 12.5 Å². The standard InChI is InChI=1S/C21H30N4O4.C2HF3O2/c1-13-17(20(27)28)19(23)18-14(24-13)8-7-9-15(18)29-12-21(2,3)25-16(26)10-5-4-6-11-22;3-2(4,5)1(6)7/h7-9H,4-6,10-12,22H2,1-3H3,(H2,23,24)(H,25,26)(H,27,28);(H,6,7). The fraction of sp³-hybridized carbons (Fsp3) is 0.478. The summed E-state index contributed by atoms with van der Waals surface area (Å²) in [4.78, 5) is 36.9. The van der Waals surface area contributed by atoms with Crippen LogP contribution in [-0.2, 0) is 9.59 Å². The van der Waals surface area contributed by atoms with Crippen LogP contribution in [0, 0.1) is 6.92 Å². The lowest BCUT2D eigenvalue weighted by molar-refractivity contribution is -0.192. The SMILES string of the molecule is Cc1nc2cccc(OCC(C)(C)NC(=O)CCCCCN)c2c(N)c1C(=O)O.O=C(O)C(F)(F)F. The number of anilines is 1. The number of aliphatic carboxylic acids is 1. The molecule has 0 spiro atoms. The van der Waals surface area contributed by atoms with Crippen LogP contribution in [0.15, 0.2) is 18.2 Å². The molecule has 0 bridgehead atoms. The number of hydrogen-bond acceptors (Lipinski definition) is 7. The molecule has 0 fully saturated rings. The maximum absolute atomic E-state index is 12.2. The second-order valence-electron chi connectivity index (χ2n) is 8.56.